The van der Waals surface area contributed by atoms with Gasteiger partial charge >= 0.3 is 0 Å². The molecule has 0 amide bonds. The van der Waals surface area contributed by atoms with Crippen LogP contribution < -0.4 is 5.73 Å². The van der Waals surface area contributed by atoms with E-state index >= 15 is 0 Å². The number of carbonyl (C=O) groups is 1. The third-order valence-corrected chi connectivity index (χ3v) is 3.04. The summed E-state index contributed by atoms with van der Waals surface area (Å²) in [7, 11) is 0. The van der Waals surface area contributed by atoms with E-state index in [0.717, 1.165) is 29.9 Å². The van der Waals surface area contributed by atoms with E-state index in [1.807, 2.05) is 51.1 Å². The minimum absolute atomic E-state index is 0.321. The van der Waals surface area contributed by atoms with Crippen molar-refractivity contribution >= 4 is 6.29 Å². The second-order valence-corrected chi connectivity index (χ2v) is 4.64. The summed E-state index contributed by atoms with van der Waals surface area (Å²) < 4.78 is 5.08. The molecule has 0 aliphatic heterocycles. The van der Waals surface area contributed by atoms with Crippen molar-refractivity contribution in [1.82, 2.24) is 0 Å². The highest BCUT2D eigenvalue weighted by atomic mass is 16.3. The normalized spacial score (nSPS) is 21.8. The summed E-state index contributed by atoms with van der Waals surface area (Å²) in [5, 5.41) is 0. The molecule has 2 rings (SSSR count). The molecule has 0 aromatic carbocycles. The van der Waals surface area contributed by atoms with E-state index in [9.17, 15) is 4.79 Å². The van der Waals surface area contributed by atoms with Crippen molar-refractivity contribution in [1.29, 1.82) is 0 Å². The van der Waals surface area contributed by atoms with Crippen LogP contribution in [0.15, 0.2) is 40.5 Å². The highest BCUT2D eigenvalue weighted by Gasteiger charge is 2.26. The van der Waals surface area contributed by atoms with Crippen molar-refractivity contribution in [2.45, 2.75) is 33.6 Å². The van der Waals surface area contributed by atoms with Gasteiger partial charge in [0, 0.05) is 17.5 Å². The average molecular weight is 247 g/mol. The zero-order chi connectivity index (χ0) is 13.6. The Hall–Kier alpha value is -1.77. The molecule has 98 valence electrons. The van der Waals surface area contributed by atoms with Crippen molar-refractivity contribution in [3.8, 4) is 0 Å². The summed E-state index contributed by atoms with van der Waals surface area (Å²) in [6.07, 6.45) is 8.11. The topological polar surface area (TPSA) is 56.2 Å². The van der Waals surface area contributed by atoms with Crippen molar-refractivity contribution in [2.24, 2.45) is 11.1 Å². The molecular weight excluding hydrogens is 226 g/mol. The summed E-state index contributed by atoms with van der Waals surface area (Å²) in [5.74, 6) is 1.97. The smallest absolute Gasteiger partial charge is 0.130 e. The maximum Gasteiger partial charge on any atom is 0.130 e. The quantitative estimate of drug-likeness (QED) is 0.816. The Morgan fingerprint density at radius 3 is 2.28 bits per heavy atom. The summed E-state index contributed by atoms with van der Waals surface area (Å²) in [4.78, 5) is 10.7. The third kappa shape index (κ3) is 3.91. The monoisotopic (exact) mass is 247 g/mol. The summed E-state index contributed by atoms with van der Waals surface area (Å²) in [5.41, 5.74) is 6.08. The molecule has 0 bridgehead atoms. The first-order valence-electron chi connectivity index (χ1n) is 6.14. The Balaban J connectivity index is 0.000000199. The molecule has 1 aliphatic rings. The molecule has 1 aromatic rings. The summed E-state index contributed by atoms with van der Waals surface area (Å²) in [6, 6.07) is 3.91. The van der Waals surface area contributed by atoms with Crippen molar-refractivity contribution in [3.05, 3.63) is 47.6 Å². The lowest BCUT2D eigenvalue weighted by Crippen LogP contribution is -2.23. The van der Waals surface area contributed by atoms with Gasteiger partial charge in [-0.15, -0.1) is 0 Å². The average Bonchev–Trinajstić information content (AvgIpc) is 2.74. The van der Waals surface area contributed by atoms with E-state index in [-0.39, 0.29) is 5.41 Å². The second kappa shape index (κ2) is 6.24. The molecule has 3 heteroatoms. The van der Waals surface area contributed by atoms with Crippen LogP contribution in [0.5, 0.6) is 0 Å². The summed E-state index contributed by atoms with van der Waals surface area (Å²) in [6.45, 7) is 5.87. The maximum absolute atomic E-state index is 10.7. The molecular formula is C15H21NO2. The van der Waals surface area contributed by atoms with Gasteiger partial charge in [-0.3, -0.25) is 0 Å². The van der Waals surface area contributed by atoms with Crippen molar-refractivity contribution in [3.63, 3.8) is 0 Å². The van der Waals surface area contributed by atoms with E-state index in [4.69, 9.17) is 10.2 Å². The van der Waals surface area contributed by atoms with E-state index in [1.165, 1.54) is 0 Å². The number of rotatable bonds is 2. The number of furan rings is 1. The predicted molar refractivity (Wildman–Crippen MR) is 73.0 cm³/mol. The number of aldehydes is 1. The molecule has 1 atom stereocenters. The molecule has 1 aliphatic carbocycles. The Labute approximate surface area is 108 Å². The minimum atomic E-state index is -0.321. The van der Waals surface area contributed by atoms with Gasteiger partial charge in [-0.05, 0) is 38.5 Å². The van der Waals surface area contributed by atoms with Crippen LogP contribution in [0.3, 0.4) is 0 Å². The molecule has 3 nitrogen and oxygen atoms in total. The zero-order valence-corrected chi connectivity index (χ0v) is 11.3. The summed E-state index contributed by atoms with van der Waals surface area (Å²) >= 11 is 0. The van der Waals surface area contributed by atoms with Gasteiger partial charge in [0.25, 0.3) is 0 Å². The molecule has 0 spiro atoms. The van der Waals surface area contributed by atoms with Gasteiger partial charge in [0.1, 0.15) is 17.8 Å². The van der Waals surface area contributed by atoms with Gasteiger partial charge in [0.15, 0.2) is 0 Å². The number of nitrogens with two attached hydrogens (primary N) is 1. The van der Waals surface area contributed by atoms with Gasteiger partial charge in [0.05, 0.1) is 0 Å². The van der Waals surface area contributed by atoms with E-state index in [1.54, 1.807) is 0 Å². The highest BCUT2D eigenvalue weighted by molar-refractivity contribution is 5.64. The molecule has 0 fully saturated rings. The fourth-order valence-corrected chi connectivity index (χ4v) is 1.83. The van der Waals surface area contributed by atoms with E-state index in [0.29, 0.717) is 6.42 Å². The van der Waals surface area contributed by atoms with Crippen LogP contribution >= 0.6 is 0 Å². The van der Waals surface area contributed by atoms with Gasteiger partial charge in [-0.1, -0.05) is 19.1 Å². The Bertz CT molecular complexity index is 440. The van der Waals surface area contributed by atoms with Crippen LogP contribution in [0.1, 0.15) is 31.3 Å². The third-order valence-electron chi connectivity index (χ3n) is 3.04. The van der Waals surface area contributed by atoms with Gasteiger partial charge in [0.2, 0.25) is 0 Å². The van der Waals surface area contributed by atoms with E-state index in [2.05, 4.69) is 0 Å². The van der Waals surface area contributed by atoms with Crippen LogP contribution in [0.4, 0.5) is 0 Å². The minimum Gasteiger partial charge on any atom is -0.467 e. The number of hydrogen-bond acceptors (Lipinski definition) is 3. The molecule has 0 radical (unpaired) electrons. The molecule has 2 N–H and O–H groups in total. The van der Waals surface area contributed by atoms with Crippen LogP contribution in [0.25, 0.3) is 0 Å². The van der Waals surface area contributed by atoms with Crippen LogP contribution in [-0.4, -0.2) is 6.29 Å². The van der Waals surface area contributed by atoms with Crippen molar-refractivity contribution < 1.29 is 9.21 Å². The number of carbonyl (C=O) groups excluding carboxylic acids is 1. The lowest BCUT2D eigenvalue weighted by Gasteiger charge is -2.24. The largest absolute Gasteiger partial charge is 0.467 e. The van der Waals surface area contributed by atoms with Gasteiger partial charge in [-0.25, -0.2) is 0 Å². The SMILES string of the molecule is CCC1(C=O)C=CC=C(N)C1.Cc1ccc(C)o1. The molecule has 0 saturated carbocycles. The maximum atomic E-state index is 10.7. The first-order chi connectivity index (χ1) is 8.51. The molecule has 1 aromatic heterocycles. The van der Waals surface area contributed by atoms with Gasteiger partial charge < -0.3 is 14.9 Å². The lowest BCUT2D eigenvalue weighted by atomic mass is 9.79. The van der Waals surface area contributed by atoms with Gasteiger partial charge in [-0.2, -0.15) is 0 Å². The van der Waals surface area contributed by atoms with Crippen molar-refractivity contribution in [2.75, 3.05) is 0 Å². The Morgan fingerprint density at radius 1 is 1.39 bits per heavy atom. The molecule has 18 heavy (non-hydrogen) atoms. The van der Waals surface area contributed by atoms with Crippen LogP contribution in [-0.2, 0) is 4.79 Å². The molecule has 1 unspecified atom stereocenters. The highest BCUT2D eigenvalue weighted by Crippen LogP contribution is 2.30. The zero-order valence-electron chi connectivity index (χ0n) is 11.3. The lowest BCUT2D eigenvalue weighted by molar-refractivity contribution is -0.114. The Kier molecular flexibility index (Phi) is 4.95. The predicted octanol–water partition coefficient (Wildman–Crippen LogP) is 3.28. The fourth-order valence-electron chi connectivity index (χ4n) is 1.83. The first kappa shape index (κ1) is 14.3. The number of aryl methyl sites for hydroxylation is 2. The Morgan fingerprint density at radius 2 is 2.00 bits per heavy atom. The molecule has 0 saturated heterocycles. The van der Waals surface area contributed by atoms with Crippen LogP contribution in [0.2, 0.25) is 0 Å². The fraction of sp³-hybridized carbons (Fsp3) is 0.400. The molecule has 1 heterocycles. The second-order valence-electron chi connectivity index (χ2n) is 4.64. The first-order valence-corrected chi connectivity index (χ1v) is 6.14. The van der Waals surface area contributed by atoms with Crippen LogP contribution in [0, 0.1) is 19.3 Å². The van der Waals surface area contributed by atoms with E-state index < -0.39 is 0 Å². The number of hydrogen-bond donors (Lipinski definition) is 1. The number of allylic oxidation sites excluding steroid dienone is 4. The standard InChI is InChI=1S/C9H13NO.C6H8O/c1-2-9(7-11)5-3-4-8(10)6-9;1-5-3-4-6(2)7-5/h3-5,7H,2,6,10H2,1H3;3-4H,1-2H3.